The first kappa shape index (κ1) is 29.0. The Kier molecular flexibility index (Phi) is 9.85. The van der Waals surface area contributed by atoms with Crippen molar-refractivity contribution in [3.05, 3.63) is 99.5 Å². The summed E-state index contributed by atoms with van der Waals surface area (Å²) < 4.78 is 15.2. The summed E-state index contributed by atoms with van der Waals surface area (Å²) in [6.45, 7) is 0. The predicted octanol–water partition coefficient (Wildman–Crippen LogP) is 3.30. The van der Waals surface area contributed by atoms with Crippen molar-refractivity contribution in [3.63, 3.8) is 0 Å². The van der Waals surface area contributed by atoms with Crippen molar-refractivity contribution < 1.29 is 43.3 Å². The number of amides is 2. The van der Waals surface area contributed by atoms with Crippen LogP contribution in [0, 0.1) is 0 Å². The van der Waals surface area contributed by atoms with Gasteiger partial charge in [-0.3, -0.25) is 20.4 Å². The lowest BCUT2D eigenvalue weighted by Gasteiger charge is -2.23. The first-order valence-electron chi connectivity index (χ1n) is 11.0. The fourth-order valence-corrected chi connectivity index (χ4v) is 3.29. The molecule has 11 nitrogen and oxygen atoms in total. The minimum atomic E-state index is -2.30. The van der Waals surface area contributed by atoms with Gasteiger partial charge in [-0.25, -0.2) is 14.4 Å². The molecule has 3 rings (SSSR count). The van der Waals surface area contributed by atoms with Crippen LogP contribution in [0.1, 0.15) is 31.1 Å². The number of carboxylic acid groups (broad SMARTS) is 1. The quantitative estimate of drug-likeness (QED) is 0.257. The molecule has 0 aliphatic heterocycles. The van der Waals surface area contributed by atoms with Gasteiger partial charge in [-0.15, -0.1) is 0 Å². The molecule has 202 valence electrons. The maximum Gasteiger partial charge on any atom is 0.349 e. The number of rotatable bonds is 9. The predicted molar refractivity (Wildman–Crippen MR) is 138 cm³/mol. The maximum atomic E-state index is 13.0. The van der Waals surface area contributed by atoms with E-state index in [9.17, 15) is 29.1 Å². The van der Waals surface area contributed by atoms with Gasteiger partial charge in [0.05, 0.1) is 18.2 Å². The Hall–Kier alpha value is -4.61. The van der Waals surface area contributed by atoms with Gasteiger partial charge < -0.3 is 19.3 Å². The van der Waals surface area contributed by atoms with Crippen LogP contribution in [0.3, 0.4) is 0 Å². The number of methoxy groups -OCH3 is 1. The van der Waals surface area contributed by atoms with Crippen molar-refractivity contribution >= 4 is 52.9 Å². The number of esters is 2. The zero-order valence-electron chi connectivity index (χ0n) is 20.1. The average molecular weight is 575 g/mol. The van der Waals surface area contributed by atoms with Crippen LogP contribution >= 0.6 is 23.2 Å². The number of carbonyl (C=O) groups is 5. The van der Waals surface area contributed by atoms with Crippen LogP contribution in [0.2, 0.25) is 10.0 Å². The van der Waals surface area contributed by atoms with Crippen LogP contribution in [-0.2, 0) is 19.1 Å². The summed E-state index contributed by atoms with van der Waals surface area (Å²) in [5.74, 6) is -5.66. The van der Waals surface area contributed by atoms with E-state index in [4.69, 9.17) is 37.4 Å². The molecule has 0 bridgehead atoms. The Morgan fingerprint density at radius 1 is 0.667 bits per heavy atom. The van der Waals surface area contributed by atoms with E-state index in [1.54, 1.807) is 0 Å². The first-order valence-corrected chi connectivity index (χ1v) is 11.7. The van der Waals surface area contributed by atoms with Crippen molar-refractivity contribution in [2.24, 2.45) is 0 Å². The number of benzene rings is 3. The van der Waals surface area contributed by atoms with Gasteiger partial charge in [-0.1, -0.05) is 23.2 Å². The van der Waals surface area contributed by atoms with E-state index in [2.05, 4.69) is 5.43 Å². The molecule has 2 amide bonds. The van der Waals surface area contributed by atoms with Crippen LogP contribution in [0.5, 0.6) is 5.75 Å². The van der Waals surface area contributed by atoms with E-state index in [0.29, 0.717) is 15.8 Å². The number of hydrazine groups is 1. The molecule has 0 heterocycles. The van der Waals surface area contributed by atoms with Gasteiger partial charge in [0.1, 0.15) is 5.75 Å². The molecule has 3 N–H and O–H groups in total. The van der Waals surface area contributed by atoms with Gasteiger partial charge in [0, 0.05) is 15.6 Å². The van der Waals surface area contributed by atoms with Crippen LogP contribution in [0.25, 0.3) is 0 Å². The normalized spacial score (nSPS) is 11.9. The molecule has 3 aromatic rings. The lowest BCUT2D eigenvalue weighted by Crippen LogP contribution is -2.54. The number of hydrogen-bond donors (Lipinski definition) is 3. The van der Waals surface area contributed by atoms with Gasteiger partial charge in [0.25, 0.3) is 11.8 Å². The van der Waals surface area contributed by atoms with Gasteiger partial charge >= 0.3 is 17.9 Å². The monoisotopic (exact) mass is 574 g/mol. The topological polar surface area (TPSA) is 157 Å². The Balaban J connectivity index is 1.83. The summed E-state index contributed by atoms with van der Waals surface area (Å²) in [7, 11) is 1.44. The second-order valence-electron chi connectivity index (χ2n) is 7.68. The maximum absolute atomic E-state index is 13.0. The molecule has 13 heteroatoms. The van der Waals surface area contributed by atoms with Gasteiger partial charge in [0.15, 0.2) is 0 Å². The minimum Gasteiger partial charge on any atom is -0.497 e. The van der Waals surface area contributed by atoms with E-state index >= 15 is 0 Å². The van der Waals surface area contributed by atoms with Crippen LogP contribution < -0.4 is 15.6 Å². The lowest BCUT2D eigenvalue weighted by atomic mass is 10.1. The highest BCUT2D eigenvalue weighted by atomic mass is 35.5. The van der Waals surface area contributed by atoms with Gasteiger partial charge in [-0.2, -0.15) is 0 Å². The van der Waals surface area contributed by atoms with E-state index in [1.165, 1.54) is 79.9 Å². The highest BCUT2D eigenvalue weighted by molar-refractivity contribution is 6.31. The second kappa shape index (κ2) is 13.3. The van der Waals surface area contributed by atoms with Crippen LogP contribution in [-0.4, -0.2) is 54.1 Å². The molecule has 0 aliphatic carbocycles. The summed E-state index contributed by atoms with van der Waals surface area (Å²) in [6, 6.07) is 16.4. The molecule has 0 spiro atoms. The number of carboxylic acids is 1. The molecule has 0 saturated heterocycles. The Bertz CT molecular complexity index is 1360. The summed E-state index contributed by atoms with van der Waals surface area (Å²) in [5.41, 5.74) is 4.04. The third-order valence-corrected chi connectivity index (χ3v) is 5.56. The molecule has 0 saturated carbocycles. The van der Waals surface area contributed by atoms with Gasteiger partial charge in [0.2, 0.25) is 12.2 Å². The SMILES string of the molecule is COc1ccc(C(=O)NNC(=O)[C@@H](OC(=O)c2ccc(Cl)cc2)[C@@H](OC(=O)c2ccc(Cl)cc2)C(=O)O)cc1. The number of hydrogen-bond acceptors (Lipinski definition) is 8. The van der Waals surface area contributed by atoms with Gasteiger partial charge in [-0.05, 0) is 72.8 Å². The zero-order valence-corrected chi connectivity index (χ0v) is 21.6. The molecule has 0 radical (unpaired) electrons. The number of aliphatic carboxylic acids is 1. The number of nitrogens with one attached hydrogen (secondary N) is 2. The number of ether oxygens (including phenoxy) is 3. The zero-order chi connectivity index (χ0) is 28.5. The molecule has 3 aromatic carbocycles. The summed E-state index contributed by atoms with van der Waals surface area (Å²) in [6.07, 6.45) is -4.53. The molecule has 0 unspecified atom stereocenters. The molecule has 0 fully saturated rings. The average Bonchev–Trinajstić information content (AvgIpc) is 2.93. The Morgan fingerprint density at radius 3 is 1.54 bits per heavy atom. The minimum absolute atomic E-state index is 0.0763. The molecular formula is C26H20Cl2N2O9. The Labute approximate surface area is 231 Å². The highest BCUT2D eigenvalue weighted by Crippen LogP contribution is 2.17. The van der Waals surface area contributed by atoms with Crippen molar-refractivity contribution in [1.82, 2.24) is 10.9 Å². The number of halogens is 2. The Morgan fingerprint density at radius 2 is 1.10 bits per heavy atom. The summed E-state index contributed by atoms with van der Waals surface area (Å²) in [5, 5.41) is 10.4. The second-order valence-corrected chi connectivity index (χ2v) is 8.55. The van der Waals surface area contributed by atoms with E-state index in [-0.39, 0.29) is 16.7 Å². The van der Waals surface area contributed by atoms with Crippen molar-refractivity contribution in [2.45, 2.75) is 12.2 Å². The standard InChI is InChI=1S/C26H20Cl2N2O9/c1-37-19-12-6-14(7-13-19)22(31)29-30-23(32)20(38-25(35)15-2-8-17(27)9-3-15)21(24(33)34)39-26(36)16-4-10-18(28)11-5-16/h2-13,20-21H,1H3,(H,29,31)(H,30,32)(H,33,34)/t20-,21+/m0/s1. The van der Waals surface area contributed by atoms with Crippen LogP contribution in [0.4, 0.5) is 0 Å². The summed E-state index contributed by atoms with van der Waals surface area (Å²) in [4.78, 5) is 62.8. The molecule has 2 atom stereocenters. The lowest BCUT2D eigenvalue weighted by molar-refractivity contribution is -0.159. The fraction of sp³-hybridized carbons (Fsp3) is 0.115. The molecular weight excluding hydrogens is 555 g/mol. The molecule has 39 heavy (non-hydrogen) atoms. The first-order chi connectivity index (χ1) is 18.6. The van der Waals surface area contributed by atoms with Crippen molar-refractivity contribution in [2.75, 3.05) is 7.11 Å². The molecule has 0 aliphatic rings. The van der Waals surface area contributed by atoms with E-state index in [0.717, 1.165) is 0 Å². The van der Waals surface area contributed by atoms with E-state index < -0.39 is 41.9 Å². The van der Waals surface area contributed by atoms with Crippen molar-refractivity contribution in [3.8, 4) is 5.75 Å². The van der Waals surface area contributed by atoms with E-state index in [1.807, 2.05) is 5.43 Å². The van der Waals surface area contributed by atoms with Crippen LogP contribution in [0.15, 0.2) is 72.8 Å². The number of carbonyl (C=O) groups excluding carboxylic acids is 4. The third-order valence-electron chi connectivity index (χ3n) is 5.06. The smallest absolute Gasteiger partial charge is 0.349 e. The third kappa shape index (κ3) is 7.94. The highest BCUT2D eigenvalue weighted by Gasteiger charge is 2.41. The molecule has 0 aromatic heterocycles. The largest absolute Gasteiger partial charge is 0.497 e. The van der Waals surface area contributed by atoms with Crippen molar-refractivity contribution in [1.29, 1.82) is 0 Å². The fourth-order valence-electron chi connectivity index (χ4n) is 3.04. The summed E-state index contributed by atoms with van der Waals surface area (Å²) >= 11 is 11.6.